The topological polar surface area (TPSA) is 125 Å². The molecule has 0 bridgehead atoms. The Balaban J connectivity index is 0.000000575. The first kappa shape index (κ1) is 24.4. The Labute approximate surface area is 181 Å². The summed E-state index contributed by atoms with van der Waals surface area (Å²) in [6.45, 7) is 1.72. The van der Waals surface area contributed by atoms with Gasteiger partial charge in [-0.2, -0.15) is 8.42 Å². The van der Waals surface area contributed by atoms with Crippen molar-refractivity contribution in [2.75, 3.05) is 33.9 Å². The van der Waals surface area contributed by atoms with E-state index in [0.29, 0.717) is 11.5 Å². The van der Waals surface area contributed by atoms with Crippen molar-refractivity contribution in [1.29, 1.82) is 0 Å². The van der Waals surface area contributed by atoms with Gasteiger partial charge in [0.25, 0.3) is 0 Å². The molecule has 0 radical (unpaired) electrons. The smallest absolute Gasteiger partial charge is 0.394 e. The molecular weight excluding hydrogens is 434 g/mol. The van der Waals surface area contributed by atoms with E-state index in [0.717, 1.165) is 30.1 Å². The standard InChI is InChI=1S/C20H24ClNO3.H2O4S/c1-24-18-8-3-14(9-19(18)25-2)10-20(13-23)12-22-11-17(20)15-4-6-16(21)7-5-15;1-5(2,3)4/h3-9,17,22-23H,10-13H2,1-2H3;(H2,1,2,3,4). The minimum absolute atomic E-state index is 0.113. The molecule has 1 aliphatic heterocycles. The zero-order chi connectivity index (χ0) is 22.4. The second kappa shape index (κ2) is 10.4. The predicted molar refractivity (Wildman–Crippen MR) is 114 cm³/mol. The van der Waals surface area contributed by atoms with Gasteiger partial charge in [0.1, 0.15) is 0 Å². The van der Waals surface area contributed by atoms with Gasteiger partial charge < -0.3 is 19.9 Å². The summed E-state index contributed by atoms with van der Waals surface area (Å²) in [5.41, 5.74) is 2.06. The number of halogens is 1. The van der Waals surface area contributed by atoms with Crippen LogP contribution in [0.15, 0.2) is 42.5 Å². The molecular formula is C20H26ClNO7S. The number of hydrogen-bond donors (Lipinski definition) is 4. The summed E-state index contributed by atoms with van der Waals surface area (Å²) in [5.74, 6) is 1.65. The lowest BCUT2D eigenvalue weighted by Crippen LogP contribution is -2.35. The Morgan fingerprint density at radius 3 is 2.23 bits per heavy atom. The minimum atomic E-state index is -4.67. The highest BCUT2D eigenvalue weighted by Gasteiger charge is 2.43. The normalized spacial score (nSPS) is 20.9. The molecule has 166 valence electrons. The quantitative estimate of drug-likeness (QED) is 0.486. The van der Waals surface area contributed by atoms with Gasteiger partial charge in [-0.1, -0.05) is 29.8 Å². The van der Waals surface area contributed by atoms with Crippen molar-refractivity contribution in [2.45, 2.75) is 12.3 Å². The number of ether oxygens (including phenoxy) is 2. The molecule has 8 nitrogen and oxygen atoms in total. The molecule has 0 saturated carbocycles. The molecule has 0 spiro atoms. The minimum Gasteiger partial charge on any atom is -0.493 e. The number of benzene rings is 2. The molecule has 1 saturated heterocycles. The number of hydrogen-bond acceptors (Lipinski definition) is 6. The van der Waals surface area contributed by atoms with Crippen molar-refractivity contribution in [3.63, 3.8) is 0 Å². The Bertz CT molecular complexity index is 929. The number of rotatable bonds is 6. The van der Waals surface area contributed by atoms with Crippen LogP contribution in [-0.2, 0) is 16.8 Å². The second-order valence-electron chi connectivity index (χ2n) is 7.07. The van der Waals surface area contributed by atoms with Crippen LogP contribution in [0.1, 0.15) is 17.0 Å². The highest BCUT2D eigenvalue weighted by Crippen LogP contribution is 2.42. The van der Waals surface area contributed by atoms with E-state index in [1.54, 1.807) is 14.2 Å². The van der Waals surface area contributed by atoms with Gasteiger partial charge in [0.05, 0.1) is 20.8 Å². The van der Waals surface area contributed by atoms with Gasteiger partial charge in [-0.3, -0.25) is 9.11 Å². The van der Waals surface area contributed by atoms with E-state index in [9.17, 15) is 5.11 Å². The summed E-state index contributed by atoms with van der Waals surface area (Å²) in [5, 5.41) is 14.4. The molecule has 2 atom stereocenters. The van der Waals surface area contributed by atoms with Gasteiger partial charge in [-0.25, -0.2) is 0 Å². The zero-order valence-electron chi connectivity index (χ0n) is 16.7. The molecule has 0 aliphatic carbocycles. The largest absolute Gasteiger partial charge is 0.493 e. The van der Waals surface area contributed by atoms with Crippen LogP contribution in [0.2, 0.25) is 5.02 Å². The molecule has 3 rings (SSSR count). The molecule has 2 aromatic rings. The number of aliphatic hydroxyl groups is 1. The lowest BCUT2D eigenvalue weighted by molar-refractivity contribution is 0.126. The summed E-state index contributed by atoms with van der Waals surface area (Å²) in [7, 11) is -1.40. The third-order valence-electron chi connectivity index (χ3n) is 5.16. The van der Waals surface area contributed by atoms with Crippen LogP contribution in [0.3, 0.4) is 0 Å². The van der Waals surface area contributed by atoms with Gasteiger partial charge in [0, 0.05) is 29.4 Å². The maximum absolute atomic E-state index is 10.3. The SMILES string of the molecule is COc1ccc(CC2(CO)CNCC2c2ccc(Cl)cc2)cc1OC.O=S(=O)(O)O. The predicted octanol–water partition coefficient (Wildman–Crippen LogP) is 2.61. The third kappa shape index (κ3) is 6.56. The van der Waals surface area contributed by atoms with Gasteiger partial charge in [-0.15, -0.1) is 0 Å². The molecule has 1 aliphatic rings. The van der Waals surface area contributed by atoms with E-state index in [2.05, 4.69) is 17.4 Å². The first-order valence-corrected chi connectivity index (χ1v) is 10.9. The van der Waals surface area contributed by atoms with E-state index in [4.69, 9.17) is 38.6 Å². The van der Waals surface area contributed by atoms with Gasteiger partial charge in [0.2, 0.25) is 0 Å². The molecule has 4 N–H and O–H groups in total. The molecule has 10 heteroatoms. The Kier molecular flexibility index (Phi) is 8.48. The molecule has 2 unspecified atom stereocenters. The second-order valence-corrected chi connectivity index (χ2v) is 8.40. The van der Waals surface area contributed by atoms with Crippen LogP contribution in [0.5, 0.6) is 11.5 Å². The van der Waals surface area contributed by atoms with Crippen molar-refractivity contribution in [2.24, 2.45) is 5.41 Å². The first-order valence-electron chi connectivity index (χ1n) is 9.09. The monoisotopic (exact) mass is 459 g/mol. The molecule has 0 amide bonds. The fourth-order valence-electron chi connectivity index (χ4n) is 3.78. The fraction of sp³-hybridized carbons (Fsp3) is 0.400. The number of methoxy groups -OCH3 is 2. The third-order valence-corrected chi connectivity index (χ3v) is 5.41. The van der Waals surface area contributed by atoms with Gasteiger partial charge >= 0.3 is 10.4 Å². The number of nitrogens with one attached hydrogen (secondary N) is 1. The highest BCUT2D eigenvalue weighted by molar-refractivity contribution is 7.79. The summed E-state index contributed by atoms with van der Waals surface area (Å²) < 4.78 is 42.3. The molecule has 30 heavy (non-hydrogen) atoms. The molecule has 0 aromatic heterocycles. The van der Waals surface area contributed by atoms with Crippen molar-refractivity contribution in [1.82, 2.24) is 5.32 Å². The van der Waals surface area contributed by atoms with Crippen molar-refractivity contribution in [3.05, 3.63) is 58.6 Å². The molecule has 1 fully saturated rings. The van der Waals surface area contributed by atoms with Crippen LogP contribution in [0.4, 0.5) is 0 Å². The van der Waals surface area contributed by atoms with E-state index >= 15 is 0 Å². The fourth-order valence-corrected chi connectivity index (χ4v) is 3.90. The van der Waals surface area contributed by atoms with E-state index < -0.39 is 10.4 Å². The van der Waals surface area contributed by atoms with E-state index in [1.165, 1.54) is 5.56 Å². The molecule has 1 heterocycles. The van der Waals surface area contributed by atoms with E-state index in [1.807, 2.05) is 30.3 Å². The Morgan fingerprint density at radius 2 is 1.70 bits per heavy atom. The van der Waals surface area contributed by atoms with Gasteiger partial charge in [0.15, 0.2) is 11.5 Å². The van der Waals surface area contributed by atoms with Crippen molar-refractivity contribution >= 4 is 22.0 Å². The highest BCUT2D eigenvalue weighted by atomic mass is 35.5. The average Bonchev–Trinajstić information content (AvgIpc) is 3.11. The summed E-state index contributed by atoms with van der Waals surface area (Å²) in [6.07, 6.45) is 0.754. The summed E-state index contributed by atoms with van der Waals surface area (Å²) >= 11 is 6.02. The van der Waals surface area contributed by atoms with Crippen LogP contribution in [-0.4, -0.2) is 56.5 Å². The van der Waals surface area contributed by atoms with E-state index in [-0.39, 0.29) is 17.9 Å². The zero-order valence-corrected chi connectivity index (χ0v) is 18.3. The molecule has 2 aromatic carbocycles. The van der Waals surface area contributed by atoms with Crippen molar-refractivity contribution in [3.8, 4) is 11.5 Å². The summed E-state index contributed by atoms with van der Waals surface area (Å²) in [4.78, 5) is 0. The lowest BCUT2D eigenvalue weighted by atomic mass is 9.71. The average molecular weight is 460 g/mol. The maximum Gasteiger partial charge on any atom is 0.394 e. The maximum atomic E-state index is 10.3. The van der Waals surface area contributed by atoms with Crippen LogP contribution in [0, 0.1) is 5.41 Å². The Hall–Kier alpha value is -1.88. The van der Waals surface area contributed by atoms with Crippen LogP contribution in [0.25, 0.3) is 0 Å². The Morgan fingerprint density at radius 1 is 1.10 bits per heavy atom. The van der Waals surface area contributed by atoms with Gasteiger partial charge in [-0.05, 0) is 41.8 Å². The van der Waals surface area contributed by atoms with Crippen LogP contribution >= 0.6 is 11.6 Å². The van der Waals surface area contributed by atoms with Crippen LogP contribution < -0.4 is 14.8 Å². The summed E-state index contributed by atoms with van der Waals surface area (Å²) in [6, 6.07) is 13.9. The first-order chi connectivity index (χ1) is 14.1. The lowest BCUT2D eigenvalue weighted by Gasteiger charge is -2.33. The number of aliphatic hydroxyl groups excluding tert-OH is 1. The van der Waals surface area contributed by atoms with Crippen molar-refractivity contribution < 1.29 is 32.1 Å².